The van der Waals surface area contributed by atoms with Crippen LogP contribution in [0.25, 0.3) is 0 Å². The second-order valence-corrected chi connectivity index (χ2v) is 7.19. The van der Waals surface area contributed by atoms with Gasteiger partial charge < -0.3 is 15.5 Å². The van der Waals surface area contributed by atoms with E-state index in [0.717, 1.165) is 36.4 Å². The highest BCUT2D eigenvalue weighted by Crippen LogP contribution is 2.23. The minimum absolute atomic E-state index is 0. The summed E-state index contributed by atoms with van der Waals surface area (Å²) < 4.78 is 0. The van der Waals surface area contributed by atoms with E-state index in [-0.39, 0.29) is 29.9 Å². The lowest BCUT2D eigenvalue weighted by Gasteiger charge is -2.22. The van der Waals surface area contributed by atoms with Crippen molar-refractivity contribution in [3.8, 4) is 0 Å². The minimum atomic E-state index is -0.0221. The molecule has 0 bridgehead atoms. The number of aliphatic imine (C=N–C) groups is 1. The molecule has 146 valence electrons. The lowest BCUT2D eigenvalue weighted by Crippen LogP contribution is -2.39. The van der Waals surface area contributed by atoms with Crippen molar-refractivity contribution >= 4 is 35.8 Å². The van der Waals surface area contributed by atoms with E-state index in [9.17, 15) is 4.79 Å². The van der Waals surface area contributed by atoms with Gasteiger partial charge in [0.05, 0.1) is 0 Å². The third kappa shape index (κ3) is 6.78. The molecule has 0 aromatic heterocycles. The Hall–Kier alpha value is -1.31. The molecule has 1 atom stereocenters. The molecule has 5 nitrogen and oxygen atoms in total. The number of rotatable bonds is 6. The molecule has 0 saturated carbocycles. The maximum absolute atomic E-state index is 11.8. The first kappa shape index (κ1) is 22.7. The van der Waals surface area contributed by atoms with Crippen LogP contribution in [0.4, 0.5) is 0 Å². The molecule has 0 spiro atoms. The number of nitrogens with zero attached hydrogens (tertiary/aromatic N) is 2. The van der Waals surface area contributed by atoms with Crippen molar-refractivity contribution in [3.05, 3.63) is 35.4 Å². The summed E-state index contributed by atoms with van der Waals surface area (Å²) in [6.07, 6.45) is 2.54. The average Bonchev–Trinajstić information content (AvgIpc) is 3.04. The Kier molecular flexibility index (Phi) is 9.98. The fourth-order valence-electron chi connectivity index (χ4n) is 3.43. The van der Waals surface area contributed by atoms with Gasteiger partial charge in [0, 0.05) is 38.8 Å². The van der Waals surface area contributed by atoms with Gasteiger partial charge in [0.1, 0.15) is 0 Å². The van der Waals surface area contributed by atoms with Crippen molar-refractivity contribution in [3.63, 3.8) is 0 Å². The van der Waals surface area contributed by atoms with Gasteiger partial charge >= 0.3 is 0 Å². The summed E-state index contributed by atoms with van der Waals surface area (Å²) in [6, 6.07) is 7.74. The van der Waals surface area contributed by atoms with Crippen LogP contribution in [0, 0.1) is 11.8 Å². The van der Waals surface area contributed by atoms with Gasteiger partial charge in [-0.2, -0.15) is 0 Å². The number of hydrogen-bond acceptors (Lipinski definition) is 2. The Morgan fingerprint density at radius 2 is 1.96 bits per heavy atom. The first-order valence-electron chi connectivity index (χ1n) is 9.36. The molecule has 1 unspecified atom stereocenters. The zero-order valence-electron chi connectivity index (χ0n) is 16.4. The zero-order valence-corrected chi connectivity index (χ0v) is 18.7. The van der Waals surface area contributed by atoms with E-state index in [0.29, 0.717) is 18.7 Å². The molecular weight excluding hydrogens is 439 g/mol. The highest BCUT2D eigenvalue weighted by Gasteiger charge is 2.25. The van der Waals surface area contributed by atoms with Gasteiger partial charge in [0.15, 0.2) is 5.96 Å². The van der Waals surface area contributed by atoms with Crippen LogP contribution in [0.2, 0.25) is 0 Å². The van der Waals surface area contributed by atoms with Gasteiger partial charge in [-0.25, -0.2) is 0 Å². The topological polar surface area (TPSA) is 56.7 Å². The molecule has 2 rings (SSSR count). The van der Waals surface area contributed by atoms with E-state index in [1.54, 1.807) is 0 Å². The molecule has 0 radical (unpaired) electrons. The standard InChI is InChI=1S/C20H32N4O.HI/c1-5-22-19(25)18-8-6-16(7-9-18)13-23-20(21-4)24-11-10-17(14-24)12-15(2)3;/h6-9,15,17H,5,10-14H2,1-4H3,(H,21,23)(H,22,25);1H. The Balaban J connectivity index is 0.00000338. The number of halogens is 1. The number of benzene rings is 1. The number of likely N-dealkylation sites (tertiary alicyclic amines) is 1. The second-order valence-electron chi connectivity index (χ2n) is 7.19. The van der Waals surface area contributed by atoms with Gasteiger partial charge in [-0.1, -0.05) is 26.0 Å². The van der Waals surface area contributed by atoms with Crippen LogP contribution in [0.1, 0.15) is 49.5 Å². The van der Waals surface area contributed by atoms with Crippen LogP contribution in [-0.4, -0.2) is 43.4 Å². The summed E-state index contributed by atoms with van der Waals surface area (Å²) in [5, 5.41) is 6.27. The molecule has 1 aromatic rings. The zero-order chi connectivity index (χ0) is 18.2. The first-order valence-corrected chi connectivity index (χ1v) is 9.36. The number of carbonyl (C=O) groups excluding carboxylic acids is 1. The summed E-state index contributed by atoms with van der Waals surface area (Å²) in [7, 11) is 1.84. The van der Waals surface area contributed by atoms with Crippen molar-refractivity contribution in [2.24, 2.45) is 16.8 Å². The molecule has 1 aliphatic heterocycles. The van der Waals surface area contributed by atoms with E-state index >= 15 is 0 Å². The molecule has 0 aliphatic carbocycles. The van der Waals surface area contributed by atoms with Gasteiger partial charge in [0.25, 0.3) is 5.91 Å². The van der Waals surface area contributed by atoms with E-state index in [4.69, 9.17) is 0 Å². The third-order valence-electron chi connectivity index (χ3n) is 4.61. The molecule has 26 heavy (non-hydrogen) atoms. The highest BCUT2D eigenvalue weighted by atomic mass is 127. The van der Waals surface area contributed by atoms with Crippen LogP contribution < -0.4 is 10.6 Å². The number of guanidine groups is 1. The van der Waals surface area contributed by atoms with Gasteiger partial charge in [0.2, 0.25) is 0 Å². The maximum atomic E-state index is 11.8. The molecule has 1 heterocycles. The molecule has 1 fully saturated rings. The quantitative estimate of drug-likeness (QED) is 0.379. The molecular formula is C20H33IN4O. The number of amides is 1. The number of nitrogens with one attached hydrogen (secondary N) is 2. The van der Waals surface area contributed by atoms with Crippen LogP contribution in [-0.2, 0) is 6.54 Å². The summed E-state index contributed by atoms with van der Waals surface area (Å²) in [6.45, 7) is 10.0. The number of carbonyl (C=O) groups is 1. The Bertz CT molecular complexity index is 586. The van der Waals surface area contributed by atoms with Crippen molar-refractivity contribution in [2.75, 3.05) is 26.7 Å². The maximum Gasteiger partial charge on any atom is 0.251 e. The van der Waals surface area contributed by atoms with Gasteiger partial charge in [-0.15, -0.1) is 24.0 Å². The molecule has 1 aliphatic rings. The smallest absolute Gasteiger partial charge is 0.251 e. The van der Waals surface area contributed by atoms with Crippen molar-refractivity contribution in [1.29, 1.82) is 0 Å². The Morgan fingerprint density at radius 3 is 2.54 bits per heavy atom. The largest absolute Gasteiger partial charge is 0.352 e. The van der Waals surface area contributed by atoms with Gasteiger partial charge in [-0.3, -0.25) is 9.79 Å². The normalized spacial score (nSPS) is 17.2. The van der Waals surface area contributed by atoms with Crippen molar-refractivity contribution in [1.82, 2.24) is 15.5 Å². The molecule has 1 saturated heterocycles. The average molecular weight is 472 g/mol. The monoisotopic (exact) mass is 472 g/mol. The minimum Gasteiger partial charge on any atom is -0.352 e. The summed E-state index contributed by atoms with van der Waals surface area (Å²) in [5.41, 5.74) is 1.85. The van der Waals surface area contributed by atoms with E-state index < -0.39 is 0 Å². The molecule has 1 aromatic carbocycles. The SMILES string of the molecule is CCNC(=O)c1ccc(CNC(=NC)N2CCC(CC(C)C)C2)cc1.I. The van der Waals surface area contributed by atoms with Gasteiger partial charge in [-0.05, 0) is 49.3 Å². The van der Waals surface area contributed by atoms with E-state index in [1.807, 2.05) is 38.2 Å². The van der Waals surface area contributed by atoms with Crippen molar-refractivity contribution in [2.45, 2.75) is 40.2 Å². The molecule has 2 N–H and O–H groups in total. The van der Waals surface area contributed by atoms with Crippen LogP contribution in [0.3, 0.4) is 0 Å². The fraction of sp³-hybridized carbons (Fsp3) is 0.600. The fourth-order valence-corrected chi connectivity index (χ4v) is 3.43. The molecule has 6 heteroatoms. The number of hydrogen-bond donors (Lipinski definition) is 2. The summed E-state index contributed by atoms with van der Waals surface area (Å²) >= 11 is 0. The predicted octanol–water partition coefficient (Wildman–Crippen LogP) is 3.50. The van der Waals surface area contributed by atoms with E-state index in [1.165, 1.54) is 12.8 Å². The lowest BCUT2D eigenvalue weighted by molar-refractivity contribution is 0.0956. The van der Waals surface area contributed by atoms with Crippen LogP contribution in [0.15, 0.2) is 29.3 Å². The highest BCUT2D eigenvalue weighted by molar-refractivity contribution is 14.0. The Morgan fingerprint density at radius 1 is 1.27 bits per heavy atom. The van der Waals surface area contributed by atoms with E-state index in [2.05, 4.69) is 34.4 Å². The summed E-state index contributed by atoms with van der Waals surface area (Å²) in [4.78, 5) is 18.6. The van der Waals surface area contributed by atoms with Crippen molar-refractivity contribution < 1.29 is 4.79 Å². The van der Waals surface area contributed by atoms with Crippen LogP contribution >= 0.6 is 24.0 Å². The summed E-state index contributed by atoms with van der Waals surface area (Å²) in [5.74, 6) is 2.48. The Labute approximate surface area is 175 Å². The lowest BCUT2D eigenvalue weighted by atomic mass is 9.97. The third-order valence-corrected chi connectivity index (χ3v) is 4.61. The predicted molar refractivity (Wildman–Crippen MR) is 119 cm³/mol. The second kappa shape index (κ2) is 11.4. The first-order chi connectivity index (χ1) is 12.0. The molecule has 1 amide bonds. The van der Waals surface area contributed by atoms with Crippen LogP contribution in [0.5, 0.6) is 0 Å².